The van der Waals surface area contributed by atoms with Gasteiger partial charge in [0.1, 0.15) is 0 Å². The van der Waals surface area contributed by atoms with Crippen molar-refractivity contribution < 1.29 is 46.4 Å². The molecule has 0 amide bonds. The van der Waals surface area contributed by atoms with Crippen LogP contribution in [-0.4, -0.2) is 36.9 Å². The van der Waals surface area contributed by atoms with Crippen molar-refractivity contribution in [3.63, 3.8) is 0 Å². The van der Waals surface area contributed by atoms with Crippen molar-refractivity contribution in [2.45, 2.75) is 31.3 Å². The number of H-pyrrole nitrogens is 1. The highest BCUT2D eigenvalue weighted by molar-refractivity contribution is 7.66. The molecule has 2 saturated carbocycles. The van der Waals surface area contributed by atoms with E-state index >= 15 is 0 Å². The van der Waals surface area contributed by atoms with E-state index in [0.29, 0.717) is 6.42 Å². The second-order valence-electron chi connectivity index (χ2n) is 7.36. The van der Waals surface area contributed by atoms with Crippen LogP contribution in [0, 0.1) is 18.8 Å². The van der Waals surface area contributed by atoms with Crippen LogP contribution < -0.4 is 16.1 Å². The van der Waals surface area contributed by atoms with Crippen LogP contribution in [0.5, 0.6) is 0 Å². The summed E-state index contributed by atoms with van der Waals surface area (Å²) in [6.07, 6.45) is 1.88. The van der Waals surface area contributed by atoms with E-state index in [1.54, 1.807) is 0 Å². The van der Waals surface area contributed by atoms with E-state index in [2.05, 4.69) is 28.2 Å². The van der Waals surface area contributed by atoms with Gasteiger partial charge in [0.25, 0.3) is 13.4 Å². The average molecular weight is 516 g/mol. The number of hydrogen-bond donors (Lipinski definition) is 4. The van der Waals surface area contributed by atoms with Gasteiger partial charge in [0, 0.05) is 22.7 Å². The number of hydrogen-bond acceptors (Lipinski definition) is 10. The molecule has 0 saturated heterocycles. The number of azide groups is 1. The number of phosphoric ester groups is 1. The second-order valence-corrected chi connectivity index (χ2v) is 11.7. The first-order valence-electron chi connectivity index (χ1n) is 8.73. The van der Waals surface area contributed by atoms with Crippen LogP contribution in [-0.2, 0) is 32.4 Å². The van der Waals surface area contributed by atoms with Crippen LogP contribution in [0.15, 0.2) is 20.9 Å². The van der Waals surface area contributed by atoms with Gasteiger partial charge in [-0.15, -0.1) is 0 Å². The molecule has 1 aromatic heterocycles. The lowest BCUT2D eigenvalue weighted by Gasteiger charge is -2.22. The van der Waals surface area contributed by atoms with Crippen molar-refractivity contribution >= 4 is 23.5 Å². The maximum Gasteiger partial charge on any atom is 0.487 e. The molecule has 2 aliphatic carbocycles. The van der Waals surface area contributed by atoms with Crippen molar-refractivity contribution in [1.82, 2.24) is 9.55 Å². The van der Waals surface area contributed by atoms with Gasteiger partial charge < -0.3 is 19.6 Å². The highest BCUT2D eigenvalue weighted by atomic mass is 31.3. The van der Waals surface area contributed by atoms with Gasteiger partial charge in [-0.05, 0) is 37.1 Å². The maximum absolute atomic E-state index is 12.3. The Balaban J connectivity index is 1.78. The number of fused-ring (bicyclic) bond motifs is 1. The number of aromatic amines is 1. The highest BCUT2D eigenvalue weighted by Gasteiger charge is 2.67. The Bertz CT molecular complexity index is 1230. The minimum absolute atomic E-state index is 0.142. The number of rotatable bonds is 9. The standard InChI is InChI=1S/C12H18N5O12P3/c1-6-4-17(11(19)14-10(6)18)12-2-8(12)7(9(3-12)15-16-13)5-27-31(23,24)29-32(25,26)28-30(20,21)22/h4,7-9H,2-3,5H2,1H3,(H,23,24)(H,25,26)(H,14,18,19)(H2,20,21,22)/p-1/t7-,8?,9-,12+/m0/s1. The summed E-state index contributed by atoms with van der Waals surface area (Å²) in [5, 5.41) is 3.61. The zero-order valence-corrected chi connectivity index (χ0v) is 18.8. The first-order chi connectivity index (χ1) is 14.6. The van der Waals surface area contributed by atoms with Crippen molar-refractivity contribution in [1.29, 1.82) is 0 Å². The quantitative estimate of drug-likeness (QED) is 0.146. The fourth-order valence-corrected chi connectivity index (χ4v) is 7.08. The lowest BCUT2D eigenvalue weighted by atomic mass is 10.0. The van der Waals surface area contributed by atoms with Crippen molar-refractivity contribution in [3.8, 4) is 0 Å². The molecule has 20 heteroatoms. The molecule has 0 aromatic carbocycles. The van der Waals surface area contributed by atoms with E-state index in [1.807, 2.05) is 0 Å². The molecule has 0 radical (unpaired) electrons. The van der Waals surface area contributed by atoms with Gasteiger partial charge in [-0.25, -0.2) is 18.2 Å². The van der Waals surface area contributed by atoms with E-state index in [0.717, 1.165) is 0 Å². The van der Waals surface area contributed by atoms with Gasteiger partial charge in [-0.2, -0.15) is 4.31 Å². The lowest BCUT2D eigenvalue weighted by molar-refractivity contribution is -0.212. The van der Waals surface area contributed by atoms with E-state index in [4.69, 9.17) is 10.4 Å². The van der Waals surface area contributed by atoms with Gasteiger partial charge >= 0.3 is 21.3 Å². The Morgan fingerprint density at radius 3 is 2.53 bits per heavy atom. The Hall–Kier alpha value is -1.60. The van der Waals surface area contributed by atoms with Crippen LogP contribution in [0.1, 0.15) is 18.4 Å². The fourth-order valence-electron chi connectivity index (χ4n) is 4.06. The van der Waals surface area contributed by atoms with E-state index < -0.39 is 64.7 Å². The smallest absolute Gasteiger partial charge is 0.487 e. The SMILES string of the molecule is Cc1cn([C@@]23CC2[C@H](COP(=O)(O)OP(=O)(O)OP(=O)([O-])O)[C@@H](N=[N+]=[N-])C3)c(=O)[nH]c1=O. The molecule has 0 spiro atoms. The number of aromatic nitrogens is 2. The topological polar surface area (TPSA) is 266 Å². The van der Waals surface area contributed by atoms with Crippen molar-refractivity contribution in [3.05, 3.63) is 43.0 Å². The Kier molecular flexibility index (Phi) is 6.50. The Morgan fingerprint density at radius 2 is 1.94 bits per heavy atom. The molecule has 32 heavy (non-hydrogen) atoms. The predicted octanol–water partition coefficient (Wildman–Crippen LogP) is -0.0297. The third kappa shape index (κ3) is 5.30. The average Bonchev–Trinajstić information content (AvgIpc) is 3.22. The summed E-state index contributed by atoms with van der Waals surface area (Å²) < 4.78 is 47.1. The van der Waals surface area contributed by atoms with Crippen LogP contribution in [0.25, 0.3) is 10.4 Å². The van der Waals surface area contributed by atoms with Gasteiger partial charge in [0.05, 0.1) is 12.1 Å². The normalized spacial score (nSPS) is 32.1. The molecule has 0 bridgehead atoms. The van der Waals surface area contributed by atoms with Crippen LogP contribution in [0.4, 0.5) is 0 Å². The molecule has 3 rings (SSSR count). The fraction of sp³-hybridized carbons (Fsp3) is 0.667. The highest BCUT2D eigenvalue weighted by Crippen LogP contribution is 2.67. The second kappa shape index (κ2) is 8.32. The molecule has 4 N–H and O–H groups in total. The zero-order chi connectivity index (χ0) is 24.1. The van der Waals surface area contributed by atoms with Crippen LogP contribution >= 0.6 is 23.5 Å². The largest absolute Gasteiger partial charge is 0.756 e. The monoisotopic (exact) mass is 516 g/mol. The van der Waals surface area contributed by atoms with Gasteiger partial charge in [0.2, 0.25) is 0 Å². The molecular weight excluding hydrogens is 499 g/mol. The summed E-state index contributed by atoms with van der Waals surface area (Å²) in [4.78, 5) is 66.6. The molecule has 17 nitrogen and oxygen atoms in total. The molecule has 0 aliphatic heterocycles. The first kappa shape index (κ1) is 25.0. The minimum Gasteiger partial charge on any atom is -0.756 e. The van der Waals surface area contributed by atoms with E-state index in [1.165, 1.54) is 17.7 Å². The Labute approximate surface area is 178 Å². The number of nitrogens with one attached hydrogen (secondary N) is 1. The summed E-state index contributed by atoms with van der Waals surface area (Å²) in [7, 11) is -16.9. The molecule has 4 unspecified atom stereocenters. The first-order valence-corrected chi connectivity index (χ1v) is 13.2. The maximum atomic E-state index is 12.3. The molecule has 2 aliphatic rings. The van der Waals surface area contributed by atoms with Crippen LogP contribution in [0.2, 0.25) is 0 Å². The van der Waals surface area contributed by atoms with E-state index in [9.17, 15) is 38.0 Å². The van der Waals surface area contributed by atoms with Gasteiger partial charge in [-0.3, -0.25) is 23.4 Å². The van der Waals surface area contributed by atoms with Gasteiger partial charge in [-0.1, -0.05) is 5.11 Å². The summed E-state index contributed by atoms with van der Waals surface area (Å²) >= 11 is 0. The van der Waals surface area contributed by atoms with Crippen molar-refractivity contribution in [2.75, 3.05) is 6.61 Å². The molecule has 2 fully saturated rings. The molecular formula is C12H17N5O12P3-. The van der Waals surface area contributed by atoms with Gasteiger partial charge in [0.15, 0.2) is 0 Å². The summed E-state index contributed by atoms with van der Waals surface area (Å²) in [6.45, 7) is 0.847. The lowest BCUT2D eigenvalue weighted by Crippen LogP contribution is -2.37. The Morgan fingerprint density at radius 1 is 1.28 bits per heavy atom. The molecule has 178 valence electrons. The molecule has 1 aromatic rings. The number of nitrogens with zero attached hydrogens (tertiary/aromatic N) is 4. The molecule has 7 atom stereocenters. The van der Waals surface area contributed by atoms with E-state index in [-0.39, 0.29) is 12.0 Å². The molecule has 1 heterocycles. The third-order valence-corrected chi connectivity index (χ3v) is 9.10. The van der Waals surface area contributed by atoms with Crippen LogP contribution in [0.3, 0.4) is 0 Å². The summed E-state index contributed by atoms with van der Waals surface area (Å²) in [5.41, 5.74) is 6.99. The predicted molar refractivity (Wildman–Crippen MR) is 101 cm³/mol. The minimum atomic E-state index is -5.78. The van der Waals surface area contributed by atoms with Crippen molar-refractivity contribution in [2.24, 2.45) is 17.0 Å². The third-order valence-electron chi connectivity index (χ3n) is 5.32. The summed E-state index contributed by atoms with van der Waals surface area (Å²) in [5.74, 6) is -1.13. The zero-order valence-electron chi connectivity index (χ0n) is 16.1. The number of phosphoric acid groups is 3. The number of aryl methyl sites for hydroxylation is 1. The summed E-state index contributed by atoms with van der Waals surface area (Å²) in [6, 6.07) is -0.811.